The fraction of sp³-hybridized carbons (Fsp3) is 0.250. The number of aryl methyl sites for hydroxylation is 1. The largest absolute Gasteiger partial charge is 0.378 e. The van der Waals surface area contributed by atoms with Crippen LogP contribution in [0.5, 0.6) is 0 Å². The summed E-state index contributed by atoms with van der Waals surface area (Å²) in [5, 5.41) is 2.83. The van der Waals surface area contributed by atoms with Crippen LogP contribution in [0.2, 0.25) is 0 Å². The molecule has 0 bridgehead atoms. The van der Waals surface area contributed by atoms with Gasteiger partial charge in [0.05, 0.1) is 12.0 Å². The Balaban J connectivity index is 1.68. The van der Waals surface area contributed by atoms with Crippen molar-refractivity contribution in [2.45, 2.75) is 17.0 Å². The van der Waals surface area contributed by atoms with Crippen LogP contribution >= 0.6 is 0 Å². The van der Waals surface area contributed by atoms with E-state index in [0.29, 0.717) is 5.56 Å². The zero-order chi connectivity index (χ0) is 21.5. The van der Waals surface area contributed by atoms with Gasteiger partial charge in [-0.05, 0) is 35.9 Å². The number of nitrogens with zero attached hydrogens (tertiary/aromatic N) is 3. The van der Waals surface area contributed by atoms with E-state index in [-0.39, 0.29) is 23.8 Å². The molecule has 1 fully saturated rings. The molecule has 3 aromatic rings. The lowest BCUT2D eigenvalue weighted by Crippen LogP contribution is -2.32. The number of halogens is 3. The summed E-state index contributed by atoms with van der Waals surface area (Å²) in [5.74, 6) is -2.10. The summed E-state index contributed by atoms with van der Waals surface area (Å²) in [6, 6.07) is 8.15. The third-order valence-electron chi connectivity index (χ3n) is 5.14. The van der Waals surface area contributed by atoms with Crippen LogP contribution in [0.4, 0.5) is 18.9 Å². The first-order valence-corrected chi connectivity index (χ1v) is 10.6. The van der Waals surface area contributed by atoms with Gasteiger partial charge in [0, 0.05) is 38.3 Å². The molecule has 2 heterocycles. The minimum absolute atomic E-state index is 0.0108. The second kappa shape index (κ2) is 7.77. The summed E-state index contributed by atoms with van der Waals surface area (Å²) in [7, 11) is -2.23. The summed E-state index contributed by atoms with van der Waals surface area (Å²) in [6.45, 7) is 0.0933. The Labute approximate surface area is 172 Å². The highest BCUT2D eigenvalue weighted by Gasteiger charge is 2.41. The maximum atomic E-state index is 14.2. The molecular weight excluding hydrogens is 417 g/mol. The van der Waals surface area contributed by atoms with Gasteiger partial charge in [-0.25, -0.2) is 26.6 Å². The zero-order valence-electron chi connectivity index (χ0n) is 16.0. The summed E-state index contributed by atoms with van der Waals surface area (Å²) >= 11 is 0. The van der Waals surface area contributed by atoms with Crippen molar-refractivity contribution in [2.75, 3.05) is 18.4 Å². The Morgan fingerprint density at radius 1 is 1.03 bits per heavy atom. The first kappa shape index (κ1) is 20.4. The fourth-order valence-corrected chi connectivity index (χ4v) is 5.08. The number of hydrogen-bond acceptors (Lipinski definition) is 4. The molecule has 6 nitrogen and oxygen atoms in total. The zero-order valence-corrected chi connectivity index (χ0v) is 16.8. The van der Waals surface area contributed by atoms with Crippen LogP contribution in [0.25, 0.3) is 0 Å². The van der Waals surface area contributed by atoms with Gasteiger partial charge in [0.1, 0.15) is 17.5 Å². The number of aromatic nitrogens is 2. The van der Waals surface area contributed by atoms with Gasteiger partial charge < -0.3 is 9.88 Å². The minimum Gasteiger partial charge on any atom is -0.378 e. The SMILES string of the molecule is Cn1cnc(S(=O)(=O)N2CC(Nc3cc(F)ccc3F)C(c3ccc(F)cc3)C2)c1. The van der Waals surface area contributed by atoms with Gasteiger partial charge in [0.15, 0.2) is 5.03 Å². The fourth-order valence-electron chi connectivity index (χ4n) is 3.62. The molecule has 1 aromatic heterocycles. The van der Waals surface area contributed by atoms with Crippen LogP contribution in [0.15, 0.2) is 60.0 Å². The number of rotatable bonds is 5. The molecule has 2 unspecified atom stereocenters. The molecule has 4 rings (SSSR count). The summed E-state index contributed by atoms with van der Waals surface area (Å²) in [4.78, 5) is 3.93. The van der Waals surface area contributed by atoms with Gasteiger partial charge in [-0.3, -0.25) is 0 Å². The normalized spacial score (nSPS) is 19.9. The highest BCUT2D eigenvalue weighted by atomic mass is 32.2. The molecule has 2 aromatic carbocycles. The average molecular weight is 436 g/mol. The van der Waals surface area contributed by atoms with Gasteiger partial charge in [-0.15, -0.1) is 0 Å². The quantitative estimate of drug-likeness (QED) is 0.668. The van der Waals surface area contributed by atoms with Crippen molar-refractivity contribution < 1.29 is 21.6 Å². The van der Waals surface area contributed by atoms with Crippen molar-refractivity contribution in [1.29, 1.82) is 0 Å². The van der Waals surface area contributed by atoms with Crippen molar-refractivity contribution in [3.8, 4) is 0 Å². The average Bonchev–Trinajstić information content (AvgIpc) is 3.33. The molecule has 158 valence electrons. The molecule has 0 radical (unpaired) electrons. The highest BCUT2D eigenvalue weighted by Crippen LogP contribution is 2.34. The highest BCUT2D eigenvalue weighted by molar-refractivity contribution is 7.89. The Kier molecular flexibility index (Phi) is 5.29. The number of imidazole rings is 1. The third kappa shape index (κ3) is 3.92. The van der Waals surface area contributed by atoms with E-state index >= 15 is 0 Å². The number of sulfonamides is 1. The van der Waals surface area contributed by atoms with Gasteiger partial charge in [0.2, 0.25) is 0 Å². The Bertz CT molecular complexity index is 1170. The molecule has 30 heavy (non-hydrogen) atoms. The van der Waals surface area contributed by atoms with Crippen LogP contribution in [0.1, 0.15) is 11.5 Å². The van der Waals surface area contributed by atoms with Crippen molar-refractivity contribution in [2.24, 2.45) is 7.05 Å². The van der Waals surface area contributed by atoms with Crippen molar-refractivity contribution in [3.63, 3.8) is 0 Å². The van der Waals surface area contributed by atoms with Crippen LogP contribution in [-0.2, 0) is 17.1 Å². The predicted molar refractivity (Wildman–Crippen MR) is 105 cm³/mol. The lowest BCUT2D eigenvalue weighted by molar-refractivity contribution is 0.468. The van der Waals surface area contributed by atoms with Crippen LogP contribution in [-0.4, -0.2) is 41.4 Å². The van der Waals surface area contributed by atoms with E-state index in [4.69, 9.17) is 0 Å². The van der Waals surface area contributed by atoms with Gasteiger partial charge in [0.25, 0.3) is 10.0 Å². The lowest BCUT2D eigenvalue weighted by atomic mass is 9.94. The Hall–Kier alpha value is -2.85. The van der Waals surface area contributed by atoms with E-state index in [1.807, 2.05) is 0 Å². The van der Waals surface area contributed by atoms with Gasteiger partial charge in [-0.2, -0.15) is 4.31 Å². The molecule has 0 amide bonds. The van der Waals surface area contributed by atoms with Gasteiger partial charge in [-0.1, -0.05) is 12.1 Å². The molecule has 0 spiro atoms. The van der Waals surface area contributed by atoms with E-state index in [1.165, 1.54) is 33.5 Å². The van der Waals surface area contributed by atoms with Crippen LogP contribution < -0.4 is 5.32 Å². The number of nitrogens with one attached hydrogen (secondary N) is 1. The van der Waals surface area contributed by atoms with E-state index < -0.39 is 39.4 Å². The minimum atomic E-state index is -3.89. The van der Waals surface area contributed by atoms with Crippen molar-refractivity contribution >= 4 is 15.7 Å². The van der Waals surface area contributed by atoms with E-state index in [0.717, 1.165) is 18.2 Å². The lowest BCUT2D eigenvalue weighted by Gasteiger charge is -2.21. The van der Waals surface area contributed by atoms with E-state index in [9.17, 15) is 21.6 Å². The second-order valence-corrected chi connectivity index (χ2v) is 9.12. The first-order valence-electron chi connectivity index (χ1n) is 9.19. The third-order valence-corrected chi connectivity index (χ3v) is 6.86. The summed E-state index contributed by atoms with van der Waals surface area (Å²) < 4.78 is 70.0. The van der Waals surface area contributed by atoms with Crippen LogP contribution in [0.3, 0.4) is 0 Å². The van der Waals surface area contributed by atoms with Crippen LogP contribution in [0, 0.1) is 17.5 Å². The van der Waals surface area contributed by atoms with E-state index in [1.54, 1.807) is 19.2 Å². The number of hydrogen-bond donors (Lipinski definition) is 1. The molecule has 1 aliphatic heterocycles. The first-order chi connectivity index (χ1) is 14.2. The topological polar surface area (TPSA) is 67.2 Å². The smallest absolute Gasteiger partial charge is 0.262 e. The molecular formula is C20H19F3N4O2S. The molecule has 0 aliphatic carbocycles. The maximum Gasteiger partial charge on any atom is 0.262 e. The molecule has 2 atom stereocenters. The summed E-state index contributed by atoms with van der Waals surface area (Å²) in [5.41, 5.74) is 0.619. The molecule has 1 aliphatic rings. The molecule has 10 heteroatoms. The Morgan fingerprint density at radius 3 is 2.40 bits per heavy atom. The van der Waals surface area contributed by atoms with E-state index in [2.05, 4.69) is 10.3 Å². The predicted octanol–water partition coefficient (Wildman–Crippen LogP) is 3.11. The van der Waals surface area contributed by atoms with Crippen molar-refractivity contribution in [1.82, 2.24) is 13.9 Å². The maximum absolute atomic E-state index is 14.2. The molecule has 1 saturated heterocycles. The summed E-state index contributed by atoms with van der Waals surface area (Å²) in [6.07, 6.45) is 2.79. The monoisotopic (exact) mass is 436 g/mol. The van der Waals surface area contributed by atoms with Gasteiger partial charge >= 0.3 is 0 Å². The standard InChI is InChI=1S/C20H19F3N4O2S/c1-26-11-20(24-12-26)30(28,29)27-9-16(13-2-4-14(21)5-3-13)19(10-27)25-18-8-15(22)6-7-17(18)23/h2-8,11-12,16,19,25H,9-10H2,1H3. The molecule has 1 N–H and O–H groups in total. The molecule has 0 saturated carbocycles. The van der Waals surface area contributed by atoms with Crippen molar-refractivity contribution in [3.05, 3.63) is 78.0 Å². The number of anilines is 1. The second-order valence-electron chi connectivity index (χ2n) is 7.23. The number of benzene rings is 2. The Morgan fingerprint density at radius 2 is 1.73 bits per heavy atom.